The molecule has 0 spiro atoms. The van der Waals surface area contributed by atoms with E-state index in [-0.39, 0.29) is 11.8 Å². The first-order valence-electron chi connectivity index (χ1n) is 9.13. The number of hydrogen-bond donors (Lipinski definition) is 0. The molecular weight excluding hydrogens is 324 g/mol. The Labute approximate surface area is 146 Å². The SMILES string of the molecule is Fc1c(-c2cnn(C3CCCCO3)c2)ccc(N2CCCCC2)c1F. The average molecular weight is 347 g/mol. The molecule has 2 aromatic rings. The molecule has 0 radical (unpaired) electrons. The Kier molecular flexibility index (Phi) is 4.70. The minimum atomic E-state index is -0.799. The summed E-state index contributed by atoms with van der Waals surface area (Å²) >= 11 is 0. The number of ether oxygens (including phenoxy) is 1. The first kappa shape index (κ1) is 16.5. The van der Waals surface area contributed by atoms with E-state index in [4.69, 9.17) is 4.74 Å². The molecule has 2 saturated heterocycles. The van der Waals surface area contributed by atoms with Crippen LogP contribution in [0.1, 0.15) is 44.8 Å². The molecular formula is C19H23F2N3O. The van der Waals surface area contributed by atoms with E-state index in [0.29, 0.717) is 17.9 Å². The van der Waals surface area contributed by atoms with Gasteiger partial charge in [0.15, 0.2) is 11.6 Å². The van der Waals surface area contributed by atoms with Gasteiger partial charge in [0.2, 0.25) is 0 Å². The molecule has 0 bridgehead atoms. The van der Waals surface area contributed by atoms with Crippen LogP contribution >= 0.6 is 0 Å². The third kappa shape index (κ3) is 3.27. The monoisotopic (exact) mass is 347 g/mol. The Hall–Kier alpha value is -1.95. The molecule has 6 heteroatoms. The number of anilines is 1. The Bertz CT molecular complexity index is 734. The van der Waals surface area contributed by atoms with Crippen LogP contribution in [0.5, 0.6) is 0 Å². The maximum absolute atomic E-state index is 14.7. The highest BCUT2D eigenvalue weighted by molar-refractivity contribution is 5.66. The number of hydrogen-bond acceptors (Lipinski definition) is 3. The molecule has 3 heterocycles. The highest BCUT2D eigenvalue weighted by Crippen LogP contribution is 2.32. The summed E-state index contributed by atoms with van der Waals surface area (Å²) in [4.78, 5) is 1.94. The second kappa shape index (κ2) is 7.12. The van der Waals surface area contributed by atoms with Gasteiger partial charge >= 0.3 is 0 Å². The van der Waals surface area contributed by atoms with Gasteiger partial charge in [-0.05, 0) is 50.7 Å². The predicted octanol–water partition coefficient (Wildman–Crippen LogP) is 4.52. The summed E-state index contributed by atoms with van der Waals surface area (Å²) in [6.07, 6.45) is 9.46. The van der Waals surface area contributed by atoms with Gasteiger partial charge in [0.05, 0.1) is 11.9 Å². The molecule has 0 amide bonds. The third-order valence-corrected chi connectivity index (χ3v) is 5.12. The zero-order chi connectivity index (χ0) is 17.2. The smallest absolute Gasteiger partial charge is 0.182 e. The second-order valence-corrected chi connectivity index (χ2v) is 6.84. The van der Waals surface area contributed by atoms with E-state index >= 15 is 0 Å². The molecule has 1 aromatic heterocycles. The van der Waals surface area contributed by atoms with Gasteiger partial charge < -0.3 is 9.64 Å². The average Bonchev–Trinajstić information content (AvgIpc) is 3.15. The molecule has 2 aliphatic heterocycles. The van der Waals surface area contributed by atoms with Crippen LogP contribution in [0.4, 0.5) is 14.5 Å². The minimum Gasteiger partial charge on any atom is -0.369 e. The largest absolute Gasteiger partial charge is 0.369 e. The molecule has 4 rings (SSSR count). The maximum Gasteiger partial charge on any atom is 0.182 e. The van der Waals surface area contributed by atoms with E-state index in [0.717, 1.165) is 51.6 Å². The highest BCUT2D eigenvalue weighted by atomic mass is 19.2. The normalized spacial score (nSPS) is 21.5. The van der Waals surface area contributed by atoms with Crippen LogP contribution in [0.25, 0.3) is 11.1 Å². The fraction of sp³-hybridized carbons (Fsp3) is 0.526. The molecule has 25 heavy (non-hydrogen) atoms. The Morgan fingerprint density at radius 1 is 1.00 bits per heavy atom. The Morgan fingerprint density at radius 2 is 1.84 bits per heavy atom. The molecule has 1 unspecified atom stereocenters. The topological polar surface area (TPSA) is 30.3 Å². The van der Waals surface area contributed by atoms with E-state index in [1.807, 2.05) is 4.90 Å². The first-order chi connectivity index (χ1) is 12.2. The van der Waals surface area contributed by atoms with Gasteiger partial charge in [-0.25, -0.2) is 13.5 Å². The number of piperidine rings is 1. The molecule has 0 saturated carbocycles. The molecule has 0 N–H and O–H groups in total. The standard InChI is InChI=1S/C19H23F2N3O/c20-18-15(7-8-16(19(18)21)23-9-3-1-4-10-23)14-12-22-24(13-14)17-6-2-5-11-25-17/h7-8,12-13,17H,1-6,9-11H2. The van der Waals surface area contributed by atoms with Crippen molar-refractivity contribution in [1.29, 1.82) is 0 Å². The zero-order valence-electron chi connectivity index (χ0n) is 14.3. The number of halogens is 2. The molecule has 1 atom stereocenters. The van der Waals surface area contributed by atoms with Crippen molar-refractivity contribution >= 4 is 5.69 Å². The van der Waals surface area contributed by atoms with Crippen molar-refractivity contribution in [3.63, 3.8) is 0 Å². The van der Waals surface area contributed by atoms with Gasteiger partial charge in [-0.15, -0.1) is 0 Å². The lowest BCUT2D eigenvalue weighted by molar-refractivity contribution is -0.0394. The van der Waals surface area contributed by atoms with Crippen molar-refractivity contribution < 1.29 is 13.5 Å². The van der Waals surface area contributed by atoms with Crippen molar-refractivity contribution in [2.24, 2.45) is 0 Å². The number of rotatable bonds is 3. The van der Waals surface area contributed by atoms with Crippen LogP contribution < -0.4 is 4.90 Å². The summed E-state index contributed by atoms with van der Waals surface area (Å²) in [7, 11) is 0. The van der Waals surface area contributed by atoms with Gasteiger partial charge in [0.25, 0.3) is 0 Å². The van der Waals surface area contributed by atoms with Crippen molar-refractivity contribution in [3.8, 4) is 11.1 Å². The van der Waals surface area contributed by atoms with Crippen LogP contribution in [0, 0.1) is 11.6 Å². The van der Waals surface area contributed by atoms with E-state index in [1.54, 1.807) is 29.2 Å². The lowest BCUT2D eigenvalue weighted by Gasteiger charge is -2.29. The molecule has 1 aromatic carbocycles. The van der Waals surface area contributed by atoms with Crippen LogP contribution in [0.15, 0.2) is 24.5 Å². The highest BCUT2D eigenvalue weighted by Gasteiger charge is 2.22. The van der Waals surface area contributed by atoms with E-state index in [9.17, 15) is 8.78 Å². The minimum absolute atomic E-state index is 0.108. The summed E-state index contributed by atoms with van der Waals surface area (Å²) in [5.74, 6) is -1.56. The van der Waals surface area contributed by atoms with Crippen molar-refractivity contribution in [3.05, 3.63) is 36.2 Å². The molecule has 0 aliphatic carbocycles. The fourth-order valence-corrected chi connectivity index (χ4v) is 3.71. The summed E-state index contributed by atoms with van der Waals surface area (Å²) in [6, 6.07) is 3.35. The maximum atomic E-state index is 14.7. The molecule has 2 aliphatic rings. The van der Waals surface area contributed by atoms with Gasteiger partial charge in [-0.2, -0.15) is 5.10 Å². The first-order valence-corrected chi connectivity index (χ1v) is 9.13. The summed E-state index contributed by atoms with van der Waals surface area (Å²) in [5.41, 5.74) is 1.19. The van der Waals surface area contributed by atoms with Crippen molar-refractivity contribution in [2.75, 3.05) is 24.6 Å². The van der Waals surface area contributed by atoms with Crippen molar-refractivity contribution in [2.45, 2.75) is 44.8 Å². The summed E-state index contributed by atoms with van der Waals surface area (Å²) in [5, 5.41) is 4.29. The molecule has 4 nitrogen and oxygen atoms in total. The zero-order valence-corrected chi connectivity index (χ0v) is 14.3. The number of nitrogens with zero attached hydrogens (tertiary/aromatic N) is 3. The third-order valence-electron chi connectivity index (χ3n) is 5.12. The Balaban J connectivity index is 1.60. The summed E-state index contributed by atoms with van der Waals surface area (Å²) in [6.45, 7) is 2.28. The van der Waals surface area contributed by atoms with E-state index < -0.39 is 11.6 Å². The predicted molar refractivity (Wildman–Crippen MR) is 92.5 cm³/mol. The molecule has 2 fully saturated rings. The summed E-state index contributed by atoms with van der Waals surface area (Å²) < 4.78 is 36.7. The van der Waals surface area contributed by atoms with E-state index in [2.05, 4.69) is 5.10 Å². The van der Waals surface area contributed by atoms with Crippen LogP contribution in [-0.2, 0) is 4.74 Å². The fourth-order valence-electron chi connectivity index (χ4n) is 3.71. The number of benzene rings is 1. The van der Waals surface area contributed by atoms with Crippen LogP contribution in [0.3, 0.4) is 0 Å². The molecule has 134 valence electrons. The lowest BCUT2D eigenvalue weighted by Crippen LogP contribution is -2.30. The van der Waals surface area contributed by atoms with E-state index in [1.165, 1.54) is 0 Å². The Morgan fingerprint density at radius 3 is 2.60 bits per heavy atom. The van der Waals surface area contributed by atoms with Gasteiger partial charge in [0, 0.05) is 37.0 Å². The van der Waals surface area contributed by atoms with Crippen molar-refractivity contribution in [1.82, 2.24) is 9.78 Å². The van der Waals surface area contributed by atoms with Crippen LogP contribution in [0.2, 0.25) is 0 Å². The van der Waals surface area contributed by atoms with Gasteiger partial charge in [-0.1, -0.05) is 0 Å². The second-order valence-electron chi connectivity index (χ2n) is 6.84. The van der Waals surface area contributed by atoms with Gasteiger partial charge in [0.1, 0.15) is 6.23 Å². The lowest BCUT2D eigenvalue weighted by atomic mass is 10.1. The quantitative estimate of drug-likeness (QED) is 0.818. The van der Waals surface area contributed by atoms with Gasteiger partial charge in [-0.3, -0.25) is 0 Å². The van der Waals surface area contributed by atoms with Crippen LogP contribution in [-0.4, -0.2) is 29.5 Å². The number of aromatic nitrogens is 2.